The third-order valence-electron chi connectivity index (χ3n) is 5.67. The number of hydrogen-bond acceptors (Lipinski definition) is 6. The van der Waals surface area contributed by atoms with E-state index in [0.29, 0.717) is 16.7 Å². The van der Waals surface area contributed by atoms with Crippen LogP contribution in [-0.2, 0) is 20.2 Å². The van der Waals surface area contributed by atoms with Crippen LogP contribution in [0, 0.1) is 48.5 Å². The minimum Gasteiger partial charge on any atom is -0.379 e. The fourth-order valence-electron chi connectivity index (χ4n) is 3.51. The Morgan fingerprint density at radius 2 is 0.909 bits per heavy atom. The van der Waals surface area contributed by atoms with Crippen molar-refractivity contribution in [2.45, 2.75) is 58.3 Å². The van der Waals surface area contributed by atoms with E-state index in [1.807, 2.05) is 27.7 Å². The zero-order valence-electron chi connectivity index (χ0n) is 19.8. The highest BCUT2D eigenvalue weighted by atomic mass is 32.2. The number of benzene rings is 3. The lowest BCUT2D eigenvalue weighted by Crippen LogP contribution is -2.14. The first kappa shape index (κ1) is 24.8. The second-order valence-corrected chi connectivity index (χ2v) is 11.4. The standard InChI is InChI=1S/C25H28O6S2/c1-15-10-20(6)24(13-17(15)3)32(26,27)30-22-8-9-23(19(5)12-22)31-33(28,29)25-14-18(4)16(2)11-21(25)7/h8-14H,1-7H3. The van der Waals surface area contributed by atoms with Crippen LogP contribution < -0.4 is 8.37 Å². The van der Waals surface area contributed by atoms with Gasteiger partial charge in [0.1, 0.15) is 21.3 Å². The lowest BCUT2D eigenvalue weighted by atomic mass is 10.1. The molecule has 8 heteroatoms. The molecule has 176 valence electrons. The van der Waals surface area contributed by atoms with E-state index in [-0.39, 0.29) is 21.3 Å². The third-order valence-corrected chi connectivity index (χ3v) is 8.44. The van der Waals surface area contributed by atoms with Crippen LogP contribution in [0.25, 0.3) is 0 Å². The Bertz CT molecular complexity index is 1450. The minimum atomic E-state index is -4.07. The van der Waals surface area contributed by atoms with E-state index in [2.05, 4.69) is 0 Å². The van der Waals surface area contributed by atoms with Crippen LogP contribution >= 0.6 is 0 Å². The van der Waals surface area contributed by atoms with Crippen LogP contribution in [0.15, 0.2) is 52.3 Å². The van der Waals surface area contributed by atoms with Crippen molar-refractivity contribution in [3.63, 3.8) is 0 Å². The summed E-state index contributed by atoms with van der Waals surface area (Å²) in [6.45, 7) is 12.5. The van der Waals surface area contributed by atoms with Crippen molar-refractivity contribution in [3.8, 4) is 11.5 Å². The van der Waals surface area contributed by atoms with Crippen LogP contribution in [0.4, 0.5) is 0 Å². The van der Waals surface area contributed by atoms with Crippen LogP contribution in [0.2, 0.25) is 0 Å². The molecule has 0 spiro atoms. The maximum atomic E-state index is 12.9. The molecule has 3 aromatic carbocycles. The van der Waals surface area contributed by atoms with E-state index in [9.17, 15) is 16.8 Å². The van der Waals surface area contributed by atoms with Crippen molar-refractivity contribution in [2.24, 2.45) is 0 Å². The van der Waals surface area contributed by atoms with Gasteiger partial charge in [-0.1, -0.05) is 12.1 Å². The Kier molecular flexibility index (Phi) is 6.64. The average molecular weight is 489 g/mol. The SMILES string of the molecule is Cc1cc(C)c(S(=O)(=O)Oc2ccc(OS(=O)(=O)c3cc(C)c(C)cc3C)c(C)c2)cc1C. The molecule has 0 bridgehead atoms. The number of rotatable bonds is 6. The van der Waals surface area contributed by atoms with E-state index >= 15 is 0 Å². The molecule has 0 N–H and O–H groups in total. The topological polar surface area (TPSA) is 86.7 Å². The molecule has 3 aromatic rings. The third kappa shape index (κ3) is 5.23. The summed E-state index contributed by atoms with van der Waals surface area (Å²) in [5.74, 6) is 0.164. The molecule has 0 amide bonds. The monoisotopic (exact) mass is 488 g/mol. The second kappa shape index (κ2) is 8.83. The van der Waals surface area contributed by atoms with Crippen molar-refractivity contribution in [3.05, 3.63) is 81.4 Å². The Morgan fingerprint density at radius 3 is 1.36 bits per heavy atom. The van der Waals surface area contributed by atoms with Crippen LogP contribution in [-0.4, -0.2) is 16.8 Å². The zero-order chi connectivity index (χ0) is 24.7. The molecule has 0 heterocycles. The highest BCUT2D eigenvalue weighted by Gasteiger charge is 2.23. The number of aryl methyl sites for hydroxylation is 7. The minimum absolute atomic E-state index is 0.0669. The molecule has 0 aromatic heterocycles. The maximum Gasteiger partial charge on any atom is 0.339 e. The Hall–Kier alpha value is -2.84. The Labute approximate surface area is 196 Å². The normalized spacial score (nSPS) is 12.0. The summed E-state index contributed by atoms with van der Waals surface area (Å²) in [7, 11) is -8.13. The van der Waals surface area contributed by atoms with Gasteiger partial charge in [0.25, 0.3) is 0 Å². The van der Waals surface area contributed by atoms with Crippen molar-refractivity contribution in [1.29, 1.82) is 0 Å². The molecule has 3 rings (SSSR count). The van der Waals surface area contributed by atoms with E-state index in [1.165, 1.54) is 18.2 Å². The predicted molar refractivity (Wildman–Crippen MR) is 128 cm³/mol. The summed E-state index contributed by atoms with van der Waals surface area (Å²) in [6.07, 6.45) is 0. The largest absolute Gasteiger partial charge is 0.379 e. The van der Waals surface area contributed by atoms with Gasteiger partial charge in [-0.2, -0.15) is 16.8 Å². The molecule has 33 heavy (non-hydrogen) atoms. The highest BCUT2D eigenvalue weighted by molar-refractivity contribution is 7.87. The van der Waals surface area contributed by atoms with Gasteiger partial charge in [0.2, 0.25) is 0 Å². The van der Waals surface area contributed by atoms with E-state index in [4.69, 9.17) is 8.37 Å². The van der Waals surface area contributed by atoms with Crippen molar-refractivity contribution < 1.29 is 25.2 Å². The van der Waals surface area contributed by atoms with Gasteiger partial charge in [-0.15, -0.1) is 0 Å². The number of hydrogen-bond donors (Lipinski definition) is 0. The Balaban J connectivity index is 1.89. The summed E-state index contributed by atoms with van der Waals surface area (Å²) in [5, 5.41) is 0. The average Bonchev–Trinajstić information content (AvgIpc) is 2.69. The van der Waals surface area contributed by atoms with Crippen molar-refractivity contribution in [1.82, 2.24) is 0 Å². The van der Waals surface area contributed by atoms with Gasteiger partial charge in [-0.3, -0.25) is 0 Å². The molecule has 0 saturated carbocycles. The van der Waals surface area contributed by atoms with Gasteiger partial charge in [0.15, 0.2) is 0 Å². The Morgan fingerprint density at radius 1 is 0.485 bits per heavy atom. The molecule has 0 aliphatic carbocycles. The first-order valence-electron chi connectivity index (χ1n) is 10.4. The summed E-state index contributed by atoms with van der Waals surface area (Å²) in [6, 6.07) is 11.0. The first-order valence-corrected chi connectivity index (χ1v) is 13.2. The molecular weight excluding hydrogens is 460 g/mol. The second-order valence-electron chi connectivity index (χ2n) is 8.41. The van der Waals surface area contributed by atoms with Gasteiger partial charge in [-0.05, 0) is 118 Å². The van der Waals surface area contributed by atoms with E-state index in [1.54, 1.807) is 45.0 Å². The van der Waals surface area contributed by atoms with Gasteiger partial charge in [0.05, 0.1) is 0 Å². The quantitative estimate of drug-likeness (QED) is 0.433. The molecule has 0 aliphatic heterocycles. The summed E-state index contributed by atoms with van der Waals surface area (Å²) in [4.78, 5) is 0.189. The summed E-state index contributed by atoms with van der Waals surface area (Å²) < 4.78 is 62.2. The van der Waals surface area contributed by atoms with Gasteiger partial charge >= 0.3 is 20.2 Å². The highest BCUT2D eigenvalue weighted by Crippen LogP contribution is 2.30. The van der Waals surface area contributed by atoms with E-state index in [0.717, 1.165) is 22.3 Å². The van der Waals surface area contributed by atoms with Crippen LogP contribution in [0.1, 0.15) is 38.9 Å². The molecule has 0 aliphatic rings. The summed E-state index contributed by atoms with van der Waals surface area (Å²) >= 11 is 0. The fourth-order valence-corrected chi connectivity index (χ4v) is 6.02. The molecular formula is C25H28O6S2. The molecule has 0 radical (unpaired) electrons. The van der Waals surface area contributed by atoms with E-state index < -0.39 is 20.2 Å². The predicted octanol–water partition coefficient (Wildman–Crippen LogP) is 5.38. The maximum absolute atomic E-state index is 12.9. The van der Waals surface area contributed by atoms with Gasteiger partial charge in [0, 0.05) is 0 Å². The molecule has 0 saturated heterocycles. The molecule has 0 atom stereocenters. The van der Waals surface area contributed by atoms with Gasteiger partial charge in [-0.25, -0.2) is 0 Å². The lowest BCUT2D eigenvalue weighted by Gasteiger charge is -2.15. The molecule has 0 unspecified atom stereocenters. The smallest absolute Gasteiger partial charge is 0.339 e. The van der Waals surface area contributed by atoms with Gasteiger partial charge < -0.3 is 8.37 Å². The first-order chi connectivity index (χ1) is 15.2. The zero-order valence-corrected chi connectivity index (χ0v) is 21.4. The van der Waals surface area contributed by atoms with Crippen molar-refractivity contribution in [2.75, 3.05) is 0 Å². The molecule has 6 nitrogen and oxygen atoms in total. The lowest BCUT2D eigenvalue weighted by molar-refractivity contribution is 0.475. The summed E-state index contributed by atoms with van der Waals surface area (Å²) in [5.41, 5.74) is 5.26. The molecule has 0 fully saturated rings. The van der Waals surface area contributed by atoms with Crippen LogP contribution in [0.5, 0.6) is 11.5 Å². The van der Waals surface area contributed by atoms with Crippen LogP contribution in [0.3, 0.4) is 0 Å². The fraction of sp³-hybridized carbons (Fsp3) is 0.280. The van der Waals surface area contributed by atoms with Crippen molar-refractivity contribution >= 4 is 20.2 Å².